The summed E-state index contributed by atoms with van der Waals surface area (Å²) in [5.74, 6) is 1.28. The van der Waals surface area contributed by atoms with E-state index in [1.807, 2.05) is 49.4 Å². The van der Waals surface area contributed by atoms with Gasteiger partial charge in [0.25, 0.3) is 5.91 Å². The van der Waals surface area contributed by atoms with Crippen molar-refractivity contribution < 1.29 is 9.53 Å². The Morgan fingerprint density at radius 3 is 2.57 bits per heavy atom. The van der Waals surface area contributed by atoms with Crippen LogP contribution in [0.3, 0.4) is 0 Å². The van der Waals surface area contributed by atoms with Gasteiger partial charge in [-0.05, 0) is 55.7 Å². The van der Waals surface area contributed by atoms with Crippen molar-refractivity contribution in [3.05, 3.63) is 84.1 Å². The van der Waals surface area contributed by atoms with Crippen molar-refractivity contribution in [2.24, 2.45) is 0 Å². The van der Waals surface area contributed by atoms with Gasteiger partial charge in [0.1, 0.15) is 17.7 Å². The Morgan fingerprint density at radius 2 is 1.87 bits per heavy atom. The van der Waals surface area contributed by atoms with Crippen LogP contribution in [0.15, 0.2) is 72.9 Å². The standard InChI is InChI=1S/C25H29N3O2/c1-3-5-14-23(19-10-7-6-8-11-19)30-22-13-9-12-20(17-22)25(29)28-21-15-16-24(26-4-2)27-18-21/h6-13,15-18,23H,3-5,14H2,1-2H3,(H,26,27)(H,28,29). The summed E-state index contributed by atoms with van der Waals surface area (Å²) < 4.78 is 6.29. The van der Waals surface area contributed by atoms with Crippen molar-refractivity contribution in [2.45, 2.75) is 39.2 Å². The molecule has 0 spiro atoms. The van der Waals surface area contributed by atoms with Crippen LogP contribution in [0, 0.1) is 0 Å². The van der Waals surface area contributed by atoms with Crippen LogP contribution in [0.5, 0.6) is 5.75 Å². The lowest BCUT2D eigenvalue weighted by Gasteiger charge is -2.20. The summed E-state index contributed by atoms with van der Waals surface area (Å²) in [7, 11) is 0. The highest BCUT2D eigenvalue weighted by atomic mass is 16.5. The van der Waals surface area contributed by atoms with E-state index in [-0.39, 0.29) is 12.0 Å². The van der Waals surface area contributed by atoms with E-state index >= 15 is 0 Å². The lowest BCUT2D eigenvalue weighted by molar-refractivity contribution is 0.102. The molecular formula is C25H29N3O2. The molecule has 5 nitrogen and oxygen atoms in total. The molecular weight excluding hydrogens is 374 g/mol. The number of aromatic nitrogens is 1. The number of nitrogens with one attached hydrogen (secondary N) is 2. The Labute approximate surface area is 178 Å². The number of nitrogens with zero attached hydrogens (tertiary/aromatic N) is 1. The van der Waals surface area contributed by atoms with Crippen LogP contribution >= 0.6 is 0 Å². The minimum atomic E-state index is -0.191. The summed E-state index contributed by atoms with van der Waals surface area (Å²) in [6.07, 6.45) is 4.73. The fourth-order valence-electron chi connectivity index (χ4n) is 3.18. The van der Waals surface area contributed by atoms with Gasteiger partial charge in [0.15, 0.2) is 0 Å². The van der Waals surface area contributed by atoms with E-state index in [1.54, 1.807) is 18.3 Å². The van der Waals surface area contributed by atoms with Gasteiger partial charge in [-0.1, -0.05) is 49.7 Å². The summed E-state index contributed by atoms with van der Waals surface area (Å²) in [6.45, 7) is 4.98. The molecule has 0 aliphatic carbocycles. The van der Waals surface area contributed by atoms with Crippen molar-refractivity contribution >= 4 is 17.4 Å². The third-order valence-corrected chi connectivity index (χ3v) is 4.75. The molecule has 0 aliphatic heterocycles. The molecule has 3 aromatic rings. The van der Waals surface area contributed by atoms with Gasteiger partial charge in [-0.3, -0.25) is 4.79 Å². The second kappa shape index (κ2) is 11.0. The predicted octanol–water partition coefficient (Wildman–Crippen LogP) is 6.08. The van der Waals surface area contributed by atoms with Gasteiger partial charge in [-0.15, -0.1) is 0 Å². The molecule has 0 radical (unpaired) electrons. The number of carbonyl (C=O) groups is 1. The number of anilines is 2. The molecule has 0 saturated carbocycles. The Hall–Kier alpha value is -3.34. The molecule has 2 aromatic carbocycles. The SMILES string of the molecule is CCCCC(Oc1cccc(C(=O)Nc2ccc(NCC)nc2)c1)c1ccccc1. The van der Waals surface area contributed by atoms with E-state index in [9.17, 15) is 4.79 Å². The Morgan fingerprint density at radius 1 is 1.03 bits per heavy atom. The lowest BCUT2D eigenvalue weighted by atomic mass is 10.0. The predicted molar refractivity (Wildman–Crippen MR) is 122 cm³/mol. The Bertz CT molecular complexity index is 927. The van der Waals surface area contributed by atoms with Crippen molar-refractivity contribution in [2.75, 3.05) is 17.2 Å². The third-order valence-electron chi connectivity index (χ3n) is 4.75. The maximum atomic E-state index is 12.7. The number of ether oxygens (including phenoxy) is 1. The molecule has 156 valence electrons. The third kappa shape index (κ3) is 6.08. The molecule has 3 rings (SSSR count). The number of benzene rings is 2. The molecule has 1 unspecified atom stereocenters. The van der Waals surface area contributed by atoms with Gasteiger partial charge in [-0.25, -0.2) is 4.98 Å². The number of carbonyl (C=O) groups excluding carboxylic acids is 1. The fraction of sp³-hybridized carbons (Fsp3) is 0.280. The number of hydrogen-bond donors (Lipinski definition) is 2. The van der Waals surface area contributed by atoms with Gasteiger partial charge in [0, 0.05) is 12.1 Å². The average Bonchev–Trinajstić information content (AvgIpc) is 2.79. The first-order valence-electron chi connectivity index (χ1n) is 10.5. The number of rotatable bonds is 10. The minimum absolute atomic E-state index is 0.0349. The highest BCUT2D eigenvalue weighted by Crippen LogP contribution is 2.27. The smallest absolute Gasteiger partial charge is 0.255 e. The molecule has 0 fully saturated rings. The molecule has 0 bridgehead atoms. The molecule has 1 heterocycles. The molecule has 30 heavy (non-hydrogen) atoms. The monoisotopic (exact) mass is 403 g/mol. The van der Waals surface area contributed by atoms with E-state index < -0.39 is 0 Å². The highest BCUT2D eigenvalue weighted by molar-refractivity contribution is 6.04. The molecule has 0 saturated heterocycles. The highest BCUT2D eigenvalue weighted by Gasteiger charge is 2.14. The zero-order valence-electron chi connectivity index (χ0n) is 17.6. The molecule has 2 N–H and O–H groups in total. The minimum Gasteiger partial charge on any atom is -0.486 e. The van der Waals surface area contributed by atoms with Crippen LogP contribution < -0.4 is 15.4 Å². The van der Waals surface area contributed by atoms with Gasteiger partial charge < -0.3 is 15.4 Å². The van der Waals surface area contributed by atoms with Crippen molar-refractivity contribution in [3.8, 4) is 5.75 Å². The van der Waals surface area contributed by atoms with E-state index in [2.05, 4.69) is 34.7 Å². The van der Waals surface area contributed by atoms with Crippen LogP contribution in [0.1, 0.15) is 55.1 Å². The summed E-state index contributed by atoms with van der Waals surface area (Å²) in [6, 6.07) is 21.2. The van der Waals surface area contributed by atoms with Gasteiger partial charge in [-0.2, -0.15) is 0 Å². The van der Waals surface area contributed by atoms with Crippen molar-refractivity contribution in [3.63, 3.8) is 0 Å². The van der Waals surface area contributed by atoms with E-state index in [1.165, 1.54) is 0 Å². The molecule has 1 atom stereocenters. The Balaban J connectivity index is 1.70. The van der Waals surface area contributed by atoms with E-state index in [4.69, 9.17) is 4.74 Å². The molecule has 1 amide bonds. The van der Waals surface area contributed by atoms with E-state index in [0.29, 0.717) is 17.0 Å². The maximum Gasteiger partial charge on any atom is 0.255 e. The Kier molecular flexibility index (Phi) is 7.84. The molecule has 0 aliphatic rings. The first kappa shape index (κ1) is 21.4. The zero-order chi connectivity index (χ0) is 21.2. The van der Waals surface area contributed by atoms with Crippen molar-refractivity contribution in [1.29, 1.82) is 0 Å². The van der Waals surface area contributed by atoms with E-state index in [0.717, 1.165) is 37.2 Å². The van der Waals surface area contributed by atoms with Gasteiger partial charge in [0.2, 0.25) is 0 Å². The summed E-state index contributed by atoms with van der Waals surface area (Å²) in [5.41, 5.74) is 2.34. The molecule has 5 heteroatoms. The number of hydrogen-bond acceptors (Lipinski definition) is 4. The second-order valence-electron chi connectivity index (χ2n) is 7.10. The number of unbranched alkanes of at least 4 members (excludes halogenated alkanes) is 1. The topological polar surface area (TPSA) is 63.2 Å². The van der Waals surface area contributed by atoms with Crippen LogP contribution in [0.25, 0.3) is 0 Å². The zero-order valence-corrected chi connectivity index (χ0v) is 17.6. The average molecular weight is 404 g/mol. The van der Waals surface area contributed by atoms with Crippen LogP contribution in [0.2, 0.25) is 0 Å². The first-order chi connectivity index (χ1) is 14.7. The normalized spacial score (nSPS) is 11.5. The van der Waals surface area contributed by atoms with Gasteiger partial charge >= 0.3 is 0 Å². The molecule has 1 aromatic heterocycles. The van der Waals surface area contributed by atoms with Crippen LogP contribution in [-0.2, 0) is 0 Å². The van der Waals surface area contributed by atoms with Gasteiger partial charge in [0.05, 0.1) is 11.9 Å². The largest absolute Gasteiger partial charge is 0.486 e. The quantitative estimate of drug-likeness (QED) is 0.431. The van der Waals surface area contributed by atoms with Crippen molar-refractivity contribution in [1.82, 2.24) is 4.98 Å². The first-order valence-corrected chi connectivity index (χ1v) is 10.5. The van der Waals surface area contributed by atoms with Crippen LogP contribution in [-0.4, -0.2) is 17.4 Å². The summed E-state index contributed by atoms with van der Waals surface area (Å²) >= 11 is 0. The van der Waals surface area contributed by atoms with Crippen LogP contribution in [0.4, 0.5) is 11.5 Å². The summed E-state index contributed by atoms with van der Waals surface area (Å²) in [4.78, 5) is 17.0. The number of amides is 1. The fourth-order valence-corrected chi connectivity index (χ4v) is 3.18. The number of pyridine rings is 1. The second-order valence-corrected chi connectivity index (χ2v) is 7.10. The summed E-state index contributed by atoms with van der Waals surface area (Å²) in [5, 5.41) is 6.02. The lowest BCUT2D eigenvalue weighted by Crippen LogP contribution is -2.13. The maximum absolute atomic E-state index is 12.7.